The van der Waals surface area contributed by atoms with Crippen molar-refractivity contribution in [3.63, 3.8) is 0 Å². The summed E-state index contributed by atoms with van der Waals surface area (Å²) in [6.45, 7) is 1.78. The second-order valence-electron chi connectivity index (χ2n) is 3.35. The van der Waals surface area contributed by atoms with Crippen LogP contribution in [0.15, 0.2) is 22.8 Å². The summed E-state index contributed by atoms with van der Waals surface area (Å²) in [6, 6.07) is 3.76. The highest BCUT2D eigenvalue weighted by Gasteiger charge is 2.19. The fourth-order valence-corrected chi connectivity index (χ4v) is 1.85. The Morgan fingerprint density at radius 3 is 3.20 bits per heavy atom. The van der Waals surface area contributed by atoms with Gasteiger partial charge in [-0.25, -0.2) is 4.79 Å². The number of rotatable bonds is 2. The van der Waals surface area contributed by atoms with E-state index in [1.807, 2.05) is 12.1 Å². The molecule has 1 saturated heterocycles. The van der Waals surface area contributed by atoms with Crippen molar-refractivity contribution >= 4 is 22.0 Å². The van der Waals surface area contributed by atoms with E-state index in [0.717, 1.165) is 23.1 Å². The third-order valence-electron chi connectivity index (χ3n) is 2.19. The largest absolute Gasteiger partial charge is 0.449 e. The summed E-state index contributed by atoms with van der Waals surface area (Å²) in [5, 5.41) is 0. The zero-order chi connectivity index (χ0) is 10.7. The second kappa shape index (κ2) is 4.61. The normalized spacial score (nSPS) is 16.3. The minimum Gasteiger partial charge on any atom is -0.449 e. The minimum atomic E-state index is -0.247. The Bertz CT molecular complexity index is 370. The van der Waals surface area contributed by atoms with E-state index >= 15 is 0 Å². The third kappa shape index (κ3) is 2.68. The highest BCUT2D eigenvalue weighted by atomic mass is 79.9. The van der Waals surface area contributed by atoms with Crippen molar-refractivity contribution in [1.82, 2.24) is 9.88 Å². The molecule has 0 bridgehead atoms. The number of nitrogens with zero attached hydrogens (tertiary/aromatic N) is 2. The van der Waals surface area contributed by atoms with E-state index in [1.165, 1.54) is 0 Å². The number of cyclic esters (lactones) is 1. The molecule has 80 valence electrons. The molecule has 1 aliphatic rings. The van der Waals surface area contributed by atoms with Crippen LogP contribution in [0, 0.1) is 0 Å². The highest BCUT2D eigenvalue weighted by molar-refractivity contribution is 9.10. The van der Waals surface area contributed by atoms with Crippen molar-refractivity contribution in [2.45, 2.75) is 13.0 Å². The number of halogens is 1. The van der Waals surface area contributed by atoms with Gasteiger partial charge in [-0.1, -0.05) is 15.9 Å². The summed E-state index contributed by atoms with van der Waals surface area (Å²) in [5.74, 6) is 0. The van der Waals surface area contributed by atoms with Crippen molar-refractivity contribution in [1.29, 1.82) is 0 Å². The molecule has 1 aliphatic heterocycles. The molecule has 0 aliphatic carbocycles. The standard InChI is InChI=1S/C10H11BrN2O2/c11-8-2-3-12-9(6-8)7-13-4-1-5-15-10(13)14/h2-3,6H,1,4-5,7H2. The summed E-state index contributed by atoms with van der Waals surface area (Å²) >= 11 is 3.37. The molecule has 0 aromatic carbocycles. The van der Waals surface area contributed by atoms with Crippen LogP contribution in [0.5, 0.6) is 0 Å². The Kier molecular flexibility index (Phi) is 3.20. The number of carbonyl (C=O) groups excluding carboxylic acids is 1. The zero-order valence-electron chi connectivity index (χ0n) is 8.15. The molecule has 0 atom stereocenters. The molecular formula is C10H11BrN2O2. The molecule has 1 amide bonds. The molecular weight excluding hydrogens is 260 g/mol. The molecule has 0 spiro atoms. The van der Waals surface area contributed by atoms with Crippen LogP contribution in [0.3, 0.4) is 0 Å². The number of carbonyl (C=O) groups is 1. The topological polar surface area (TPSA) is 42.4 Å². The molecule has 0 radical (unpaired) electrons. The maximum absolute atomic E-state index is 11.3. The minimum absolute atomic E-state index is 0.247. The lowest BCUT2D eigenvalue weighted by Gasteiger charge is -2.25. The molecule has 15 heavy (non-hydrogen) atoms. The van der Waals surface area contributed by atoms with E-state index in [1.54, 1.807) is 11.1 Å². The Morgan fingerprint density at radius 1 is 1.60 bits per heavy atom. The average Bonchev–Trinajstić information content (AvgIpc) is 2.22. The van der Waals surface area contributed by atoms with Gasteiger partial charge in [-0.3, -0.25) is 4.98 Å². The third-order valence-corrected chi connectivity index (χ3v) is 2.68. The number of hydrogen-bond donors (Lipinski definition) is 0. The van der Waals surface area contributed by atoms with Crippen LogP contribution < -0.4 is 0 Å². The molecule has 0 unspecified atom stereocenters. The number of pyridine rings is 1. The first-order valence-corrected chi connectivity index (χ1v) is 5.57. The fourth-order valence-electron chi connectivity index (χ4n) is 1.47. The quantitative estimate of drug-likeness (QED) is 0.828. The second-order valence-corrected chi connectivity index (χ2v) is 4.27. The Labute approximate surface area is 96.4 Å². The van der Waals surface area contributed by atoms with Crippen LogP contribution in [0.4, 0.5) is 4.79 Å². The van der Waals surface area contributed by atoms with E-state index in [9.17, 15) is 4.79 Å². The van der Waals surface area contributed by atoms with Gasteiger partial charge in [0.1, 0.15) is 0 Å². The SMILES string of the molecule is O=C1OCCCN1Cc1cc(Br)ccn1. The van der Waals surface area contributed by atoms with E-state index < -0.39 is 0 Å². The average molecular weight is 271 g/mol. The highest BCUT2D eigenvalue weighted by Crippen LogP contribution is 2.13. The predicted octanol–water partition coefficient (Wildman–Crippen LogP) is 2.19. The maximum atomic E-state index is 11.3. The first kappa shape index (κ1) is 10.4. The van der Waals surface area contributed by atoms with E-state index in [4.69, 9.17) is 4.74 Å². The summed E-state index contributed by atoms with van der Waals surface area (Å²) < 4.78 is 5.91. The summed E-state index contributed by atoms with van der Waals surface area (Å²) in [5.41, 5.74) is 0.864. The van der Waals surface area contributed by atoms with Gasteiger partial charge in [0.25, 0.3) is 0 Å². The molecule has 0 saturated carbocycles. The zero-order valence-corrected chi connectivity index (χ0v) is 9.74. The first-order chi connectivity index (χ1) is 7.25. The Balaban J connectivity index is 2.04. The molecule has 1 aromatic heterocycles. The summed E-state index contributed by atoms with van der Waals surface area (Å²) in [6.07, 6.45) is 2.36. The van der Waals surface area contributed by atoms with E-state index in [0.29, 0.717) is 13.2 Å². The van der Waals surface area contributed by atoms with Gasteiger partial charge < -0.3 is 9.64 Å². The monoisotopic (exact) mass is 270 g/mol. The van der Waals surface area contributed by atoms with Gasteiger partial charge in [0.2, 0.25) is 0 Å². The number of hydrogen-bond acceptors (Lipinski definition) is 3. The van der Waals surface area contributed by atoms with Gasteiger partial charge in [0.15, 0.2) is 0 Å². The van der Waals surface area contributed by atoms with Crippen LogP contribution in [0.2, 0.25) is 0 Å². The van der Waals surface area contributed by atoms with Crippen molar-refractivity contribution in [2.75, 3.05) is 13.2 Å². The molecule has 0 N–H and O–H groups in total. The maximum Gasteiger partial charge on any atom is 0.410 e. The summed E-state index contributed by atoms with van der Waals surface area (Å²) in [4.78, 5) is 17.2. The number of aromatic nitrogens is 1. The Morgan fingerprint density at radius 2 is 2.47 bits per heavy atom. The lowest BCUT2D eigenvalue weighted by atomic mass is 10.3. The molecule has 2 heterocycles. The van der Waals surface area contributed by atoms with Crippen molar-refractivity contribution in [2.24, 2.45) is 0 Å². The molecule has 4 nitrogen and oxygen atoms in total. The van der Waals surface area contributed by atoms with Crippen LogP contribution in [0.25, 0.3) is 0 Å². The van der Waals surface area contributed by atoms with Crippen LogP contribution in [-0.2, 0) is 11.3 Å². The van der Waals surface area contributed by atoms with Gasteiger partial charge in [-0.05, 0) is 18.6 Å². The molecule has 2 rings (SSSR count). The smallest absolute Gasteiger partial charge is 0.410 e. The fraction of sp³-hybridized carbons (Fsp3) is 0.400. The van der Waals surface area contributed by atoms with Gasteiger partial charge in [-0.15, -0.1) is 0 Å². The lowest BCUT2D eigenvalue weighted by molar-refractivity contribution is 0.0695. The lowest BCUT2D eigenvalue weighted by Crippen LogP contribution is -2.37. The van der Waals surface area contributed by atoms with Crippen molar-refractivity contribution in [3.05, 3.63) is 28.5 Å². The number of ether oxygens (including phenoxy) is 1. The first-order valence-electron chi connectivity index (χ1n) is 4.78. The van der Waals surface area contributed by atoms with Crippen LogP contribution in [0.1, 0.15) is 12.1 Å². The molecule has 5 heteroatoms. The van der Waals surface area contributed by atoms with Gasteiger partial charge in [-0.2, -0.15) is 0 Å². The van der Waals surface area contributed by atoms with E-state index in [-0.39, 0.29) is 6.09 Å². The van der Waals surface area contributed by atoms with Gasteiger partial charge in [0, 0.05) is 17.2 Å². The van der Waals surface area contributed by atoms with Crippen molar-refractivity contribution in [3.8, 4) is 0 Å². The Hall–Kier alpha value is -1.10. The predicted molar refractivity (Wildman–Crippen MR) is 58.3 cm³/mol. The molecule has 1 aromatic rings. The number of amides is 1. The van der Waals surface area contributed by atoms with Crippen molar-refractivity contribution < 1.29 is 9.53 Å². The van der Waals surface area contributed by atoms with Crippen LogP contribution >= 0.6 is 15.9 Å². The van der Waals surface area contributed by atoms with Gasteiger partial charge >= 0.3 is 6.09 Å². The van der Waals surface area contributed by atoms with Gasteiger partial charge in [0.05, 0.1) is 18.8 Å². The summed E-state index contributed by atoms with van der Waals surface area (Å²) in [7, 11) is 0. The van der Waals surface area contributed by atoms with E-state index in [2.05, 4.69) is 20.9 Å². The molecule has 1 fully saturated rings. The van der Waals surface area contributed by atoms with Crippen LogP contribution in [-0.4, -0.2) is 29.1 Å².